The summed E-state index contributed by atoms with van der Waals surface area (Å²) in [6, 6.07) is 23.0. The molecule has 0 saturated carbocycles. The van der Waals surface area contributed by atoms with Gasteiger partial charge in [-0.05, 0) is 41.8 Å². The van der Waals surface area contributed by atoms with Gasteiger partial charge in [0.05, 0.1) is 17.6 Å². The molecule has 0 aliphatic carbocycles. The first-order valence-corrected chi connectivity index (χ1v) is 10.9. The van der Waals surface area contributed by atoms with Gasteiger partial charge in [0.1, 0.15) is 5.69 Å². The van der Waals surface area contributed by atoms with E-state index >= 15 is 0 Å². The maximum absolute atomic E-state index is 13.3. The molecule has 0 saturated heterocycles. The lowest BCUT2D eigenvalue weighted by molar-refractivity contribution is -0.121. The first kappa shape index (κ1) is 21.8. The molecule has 32 heavy (non-hydrogen) atoms. The van der Waals surface area contributed by atoms with Gasteiger partial charge < -0.3 is 9.88 Å². The smallest absolute Gasteiger partial charge is 0.273 e. The molecule has 1 amide bonds. The highest BCUT2D eigenvalue weighted by atomic mass is 35.5. The predicted octanol–water partition coefficient (Wildman–Crippen LogP) is 4.66. The standard InChI is InChI=1S/C26H24ClN3O2/c1-18-8-2-3-10-20(18)17-30-24-13-7-6-12-22(24)29-23(26(30)32)14-15-25(31)28-16-19-9-4-5-11-21(19)27/h2-13H,14-17H2,1H3,(H,28,31). The third-order valence-corrected chi connectivity index (χ3v) is 5.90. The molecule has 0 spiro atoms. The molecule has 3 aromatic carbocycles. The summed E-state index contributed by atoms with van der Waals surface area (Å²) in [5.74, 6) is -0.148. The molecule has 0 radical (unpaired) electrons. The van der Waals surface area contributed by atoms with E-state index in [2.05, 4.69) is 10.3 Å². The van der Waals surface area contributed by atoms with E-state index in [9.17, 15) is 9.59 Å². The second-order valence-corrected chi connectivity index (χ2v) is 8.14. The largest absolute Gasteiger partial charge is 0.352 e. The zero-order valence-electron chi connectivity index (χ0n) is 17.8. The Morgan fingerprint density at radius 3 is 2.44 bits per heavy atom. The van der Waals surface area contributed by atoms with Crippen molar-refractivity contribution in [3.8, 4) is 0 Å². The Morgan fingerprint density at radius 2 is 1.66 bits per heavy atom. The van der Waals surface area contributed by atoms with Gasteiger partial charge in [0.25, 0.3) is 5.56 Å². The Morgan fingerprint density at radius 1 is 0.969 bits per heavy atom. The van der Waals surface area contributed by atoms with Crippen molar-refractivity contribution in [3.05, 3.63) is 111 Å². The van der Waals surface area contributed by atoms with Gasteiger partial charge in [-0.3, -0.25) is 9.59 Å². The molecule has 0 fully saturated rings. The number of carbonyl (C=O) groups is 1. The van der Waals surface area contributed by atoms with Gasteiger partial charge in [-0.15, -0.1) is 0 Å². The quantitative estimate of drug-likeness (QED) is 0.450. The third-order valence-electron chi connectivity index (χ3n) is 5.53. The molecule has 0 bridgehead atoms. The fourth-order valence-electron chi connectivity index (χ4n) is 3.68. The number of halogens is 1. The Bertz CT molecular complexity index is 1330. The van der Waals surface area contributed by atoms with Crippen molar-refractivity contribution in [1.82, 2.24) is 14.9 Å². The number of rotatable bonds is 7. The van der Waals surface area contributed by atoms with Crippen molar-refractivity contribution >= 4 is 28.5 Å². The number of carbonyl (C=O) groups excluding carboxylic acids is 1. The molecule has 1 aromatic heterocycles. The minimum Gasteiger partial charge on any atom is -0.352 e. The van der Waals surface area contributed by atoms with E-state index in [1.807, 2.05) is 73.7 Å². The van der Waals surface area contributed by atoms with Crippen molar-refractivity contribution in [2.45, 2.75) is 32.9 Å². The fraction of sp³-hybridized carbons (Fsp3) is 0.192. The fourth-order valence-corrected chi connectivity index (χ4v) is 3.88. The number of aromatic nitrogens is 2. The number of para-hydroxylation sites is 2. The molecule has 162 valence electrons. The molecule has 1 N–H and O–H groups in total. The highest BCUT2D eigenvalue weighted by molar-refractivity contribution is 6.31. The topological polar surface area (TPSA) is 64.0 Å². The summed E-state index contributed by atoms with van der Waals surface area (Å²) in [7, 11) is 0. The summed E-state index contributed by atoms with van der Waals surface area (Å²) in [6.45, 7) is 2.84. The van der Waals surface area contributed by atoms with Gasteiger partial charge in [0, 0.05) is 24.4 Å². The van der Waals surface area contributed by atoms with E-state index in [1.54, 1.807) is 10.6 Å². The number of nitrogens with zero attached hydrogens (tertiary/aromatic N) is 2. The van der Waals surface area contributed by atoms with Crippen molar-refractivity contribution in [1.29, 1.82) is 0 Å². The molecule has 4 aromatic rings. The van der Waals surface area contributed by atoms with Crippen LogP contribution in [0.3, 0.4) is 0 Å². The number of hydrogen-bond donors (Lipinski definition) is 1. The summed E-state index contributed by atoms with van der Waals surface area (Å²) < 4.78 is 1.75. The van der Waals surface area contributed by atoms with Crippen LogP contribution in [-0.4, -0.2) is 15.5 Å². The highest BCUT2D eigenvalue weighted by Crippen LogP contribution is 2.16. The number of nitrogens with one attached hydrogen (secondary N) is 1. The number of benzene rings is 3. The van der Waals surface area contributed by atoms with Crippen molar-refractivity contribution in [2.75, 3.05) is 0 Å². The van der Waals surface area contributed by atoms with Crippen LogP contribution in [0.1, 0.15) is 28.8 Å². The lowest BCUT2D eigenvalue weighted by atomic mass is 10.1. The van der Waals surface area contributed by atoms with Crippen LogP contribution in [0, 0.1) is 6.92 Å². The summed E-state index contributed by atoms with van der Waals surface area (Å²) in [4.78, 5) is 30.3. The Hall–Kier alpha value is -3.44. The molecule has 5 nitrogen and oxygen atoms in total. The van der Waals surface area contributed by atoms with E-state index in [1.165, 1.54) is 0 Å². The first-order valence-electron chi connectivity index (χ1n) is 10.6. The molecule has 0 aliphatic rings. The Kier molecular flexibility index (Phi) is 6.66. The van der Waals surface area contributed by atoms with Crippen molar-refractivity contribution in [2.24, 2.45) is 0 Å². The Balaban J connectivity index is 1.54. The normalized spacial score (nSPS) is 10.9. The van der Waals surface area contributed by atoms with Crippen LogP contribution in [0.25, 0.3) is 11.0 Å². The van der Waals surface area contributed by atoms with Crippen LogP contribution < -0.4 is 10.9 Å². The second-order valence-electron chi connectivity index (χ2n) is 7.73. The zero-order valence-corrected chi connectivity index (χ0v) is 18.6. The summed E-state index contributed by atoms with van der Waals surface area (Å²) >= 11 is 6.15. The van der Waals surface area contributed by atoms with E-state index in [-0.39, 0.29) is 24.3 Å². The maximum Gasteiger partial charge on any atom is 0.273 e. The monoisotopic (exact) mass is 445 g/mol. The van der Waals surface area contributed by atoms with E-state index in [0.717, 1.165) is 27.7 Å². The lowest BCUT2D eigenvalue weighted by Crippen LogP contribution is -2.28. The summed E-state index contributed by atoms with van der Waals surface area (Å²) in [5.41, 5.74) is 4.82. The van der Waals surface area contributed by atoms with Gasteiger partial charge >= 0.3 is 0 Å². The molecular weight excluding hydrogens is 422 g/mol. The average molecular weight is 446 g/mol. The minimum absolute atomic E-state index is 0.148. The minimum atomic E-state index is -0.161. The van der Waals surface area contributed by atoms with E-state index in [4.69, 9.17) is 11.6 Å². The van der Waals surface area contributed by atoms with Gasteiger partial charge in [-0.25, -0.2) is 4.98 Å². The second kappa shape index (κ2) is 9.79. The zero-order chi connectivity index (χ0) is 22.5. The van der Waals surface area contributed by atoms with Crippen molar-refractivity contribution in [3.63, 3.8) is 0 Å². The summed E-state index contributed by atoms with van der Waals surface area (Å²) in [6.07, 6.45) is 0.446. The van der Waals surface area contributed by atoms with Gasteiger partial charge in [0.2, 0.25) is 5.91 Å². The van der Waals surface area contributed by atoms with Crippen LogP contribution in [0.5, 0.6) is 0 Å². The van der Waals surface area contributed by atoms with Crippen LogP contribution in [0.4, 0.5) is 0 Å². The number of aryl methyl sites for hydroxylation is 2. The predicted molar refractivity (Wildman–Crippen MR) is 128 cm³/mol. The maximum atomic E-state index is 13.3. The summed E-state index contributed by atoms with van der Waals surface area (Å²) in [5, 5.41) is 3.48. The van der Waals surface area contributed by atoms with Crippen LogP contribution >= 0.6 is 11.6 Å². The first-order chi connectivity index (χ1) is 15.5. The molecule has 4 rings (SSSR count). The number of amides is 1. The molecule has 6 heteroatoms. The van der Waals surface area contributed by atoms with Gasteiger partial charge in [-0.1, -0.05) is 66.2 Å². The highest BCUT2D eigenvalue weighted by Gasteiger charge is 2.14. The lowest BCUT2D eigenvalue weighted by Gasteiger charge is -2.14. The molecule has 0 aliphatic heterocycles. The van der Waals surface area contributed by atoms with Crippen LogP contribution in [-0.2, 0) is 24.3 Å². The van der Waals surface area contributed by atoms with Crippen LogP contribution in [0.2, 0.25) is 5.02 Å². The van der Waals surface area contributed by atoms with E-state index in [0.29, 0.717) is 23.8 Å². The van der Waals surface area contributed by atoms with Crippen molar-refractivity contribution < 1.29 is 4.79 Å². The Labute approximate surface area is 191 Å². The molecular formula is C26H24ClN3O2. The number of fused-ring (bicyclic) bond motifs is 1. The van der Waals surface area contributed by atoms with Crippen LogP contribution in [0.15, 0.2) is 77.6 Å². The van der Waals surface area contributed by atoms with Gasteiger partial charge in [0.15, 0.2) is 0 Å². The molecule has 0 atom stereocenters. The third kappa shape index (κ3) is 4.89. The molecule has 1 heterocycles. The van der Waals surface area contributed by atoms with Gasteiger partial charge in [-0.2, -0.15) is 0 Å². The SMILES string of the molecule is Cc1ccccc1Cn1c(=O)c(CCC(=O)NCc2ccccc2Cl)nc2ccccc21. The average Bonchev–Trinajstić information content (AvgIpc) is 2.80. The number of hydrogen-bond acceptors (Lipinski definition) is 3. The molecule has 0 unspecified atom stereocenters. The van der Waals surface area contributed by atoms with E-state index < -0.39 is 0 Å².